The Morgan fingerprint density at radius 3 is 2.18 bits per heavy atom. The van der Waals surface area contributed by atoms with Gasteiger partial charge in [0.25, 0.3) is 0 Å². The molecule has 0 aromatic heterocycles. The molecule has 3 fully saturated rings. The summed E-state index contributed by atoms with van der Waals surface area (Å²) in [5, 5.41) is 3.45. The van der Waals surface area contributed by atoms with E-state index in [-0.39, 0.29) is 0 Å². The highest BCUT2D eigenvalue weighted by Crippen LogP contribution is 2.34. The van der Waals surface area contributed by atoms with E-state index >= 15 is 0 Å². The molecule has 1 amide bonds. The van der Waals surface area contributed by atoms with Gasteiger partial charge in [-0.2, -0.15) is 0 Å². The number of carbonyl (C=O) groups excluding carboxylic acids is 1. The molecule has 0 spiro atoms. The topological polar surface area (TPSA) is 32.3 Å². The van der Waals surface area contributed by atoms with Crippen molar-refractivity contribution in [1.82, 2.24) is 10.2 Å². The van der Waals surface area contributed by atoms with Crippen molar-refractivity contribution in [2.75, 3.05) is 13.1 Å². The Balaban J connectivity index is 1.66. The molecule has 3 aliphatic rings. The molecule has 2 saturated heterocycles. The van der Waals surface area contributed by atoms with Crippen LogP contribution in [0.5, 0.6) is 0 Å². The Morgan fingerprint density at radius 1 is 1.00 bits per heavy atom. The van der Waals surface area contributed by atoms with E-state index in [2.05, 4.69) is 17.1 Å². The Labute approximate surface area is 104 Å². The van der Waals surface area contributed by atoms with E-state index in [4.69, 9.17) is 0 Å². The zero-order valence-electron chi connectivity index (χ0n) is 10.8. The van der Waals surface area contributed by atoms with Crippen molar-refractivity contribution in [3.8, 4) is 0 Å². The minimum atomic E-state index is 0.340. The molecule has 1 N–H and O–H groups in total. The second-order valence-electron chi connectivity index (χ2n) is 6.25. The van der Waals surface area contributed by atoms with Gasteiger partial charge < -0.3 is 10.2 Å². The van der Waals surface area contributed by atoms with Crippen molar-refractivity contribution >= 4 is 5.91 Å². The average Bonchev–Trinajstić information content (AvgIpc) is 2.59. The van der Waals surface area contributed by atoms with E-state index < -0.39 is 0 Å². The summed E-state index contributed by atoms with van der Waals surface area (Å²) in [7, 11) is 0. The van der Waals surface area contributed by atoms with Crippen LogP contribution in [0.25, 0.3) is 0 Å². The molecule has 1 aliphatic carbocycles. The number of nitrogens with one attached hydrogen (secondary N) is 1. The van der Waals surface area contributed by atoms with Gasteiger partial charge in [-0.05, 0) is 44.4 Å². The third-order valence-electron chi connectivity index (χ3n) is 5.00. The van der Waals surface area contributed by atoms with Gasteiger partial charge in [-0.1, -0.05) is 6.92 Å². The Morgan fingerprint density at radius 2 is 1.59 bits per heavy atom. The van der Waals surface area contributed by atoms with Gasteiger partial charge >= 0.3 is 0 Å². The predicted octanol–water partition coefficient (Wildman–Crippen LogP) is 1.78. The smallest absolute Gasteiger partial charge is 0.226 e. The number of hydrogen-bond donors (Lipinski definition) is 1. The first-order valence-electron chi connectivity index (χ1n) is 7.28. The Bertz CT molecular complexity index is 281. The van der Waals surface area contributed by atoms with Crippen LogP contribution in [0, 0.1) is 11.8 Å². The largest absolute Gasteiger partial charge is 0.334 e. The van der Waals surface area contributed by atoms with Gasteiger partial charge in [-0.25, -0.2) is 0 Å². The fourth-order valence-corrected chi connectivity index (χ4v) is 3.86. The molecular formula is C14H24N2O. The number of amides is 1. The normalized spacial score (nSPS) is 41.6. The minimum Gasteiger partial charge on any atom is -0.334 e. The van der Waals surface area contributed by atoms with Gasteiger partial charge in [0.05, 0.1) is 0 Å². The van der Waals surface area contributed by atoms with Crippen LogP contribution in [0.2, 0.25) is 0 Å². The maximum Gasteiger partial charge on any atom is 0.226 e. The third-order valence-corrected chi connectivity index (χ3v) is 5.00. The summed E-state index contributed by atoms with van der Waals surface area (Å²) in [5.41, 5.74) is 0. The lowest BCUT2D eigenvalue weighted by atomic mass is 9.82. The molecule has 17 heavy (non-hydrogen) atoms. The van der Waals surface area contributed by atoms with Crippen LogP contribution in [0.15, 0.2) is 0 Å². The zero-order valence-corrected chi connectivity index (χ0v) is 10.8. The number of fused-ring (bicyclic) bond motifs is 2. The van der Waals surface area contributed by atoms with Crippen molar-refractivity contribution < 1.29 is 4.79 Å². The van der Waals surface area contributed by atoms with Gasteiger partial charge in [0.2, 0.25) is 5.91 Å². The van der Waals surface area contributed by atoms with Crippen molar-refractivity contribution in [3.63, 3.8) is 0 Å². The van der Waals surface area contributed by atoms with Gasteiger partial charge in [0.15, 0.2) is 0 Å². The van der Waals surface area contributed by atoms with Crippen molar-refractivity contribution in [2.24, 2.45) is 11.8 Å². The van der Waals surface area contributed by atoms with Gasteiger partial charge in [0, 0.05) is 31.1 Å². The highest BCUT2D eigenvalue weighted by molar-refractivity contribution is 5.80. The number of carbonyl (C=O) groups is 1. The lowest BCUT2D eigenvalue weighted by molar-refractivity contribution is -0.140. The maximum atomic E-state index is 12.6. The zero-order chi connectivity index (χ0) is 11.8. The molecule has 3 heteroatoms. The van der Waals surface area contributed by atoms with Crippen LogP contribution in [-0.4, -0.2) is 36.0 Å². The second-order valence-corrected chi connectivity index (χ2v) is 6.25. The number of nitrogens with zero attached hydrogens (tertiary/aromatic N) is 1. The van der Waals surface area contributed by atoms with E-state index in [1.807, 2.05) is 0 Å². The Hall–Kier alpha value is -0.570. The lowest BCUT2D eigenvalue weighted by Crippen LogP contribution is -2.55. The summed E-state index contributed by atoms with van der Waals surface area (Å²) in [4.78, 5) is 14.9. The SMILES string of the molecule is CC1CCC(C(=O)N2[C@@H]3CC[C@H]2CNC3)CC1. The minimum absolute atomic E-state index is 0.340. The number of piperazine rings is 1. The summed E-state index contributed by atoms with van der Waals surface area (Å²) >= 11 is 0. The van der Waals surface area contributed by atoms with E-state index in [1.165, 1.54) is 25.7 Å². The summed E-state index contributed by atoms with van der Waals surface area (Å²) in [6.07, 6.45) is 7.18. The molecule has 96 valence electrons. The first-order valence-corrected chi connectivity index (χ1v) is 7.28. The van der Waals surface area contributed by atoms with Crippen molar-refractivity contribution in [1.29, 1.82) is 0 Å². The van der Waals surface area contributed by atoms with Crippen molar-refractivity contribution in [3.05, 3.63) is 0 Å². The highest BCUT2D eigenvalue weighted by atomic mass is 16.2. The molecule has 2 heterocycles. The fourth-order valence-electron chi connectivity index (χ4n) is 3.86. The van der Waals surface area contributed by atoms with Crippen LogP contribution in [-0.2, 0) is 4.79 Å². The molecule has 1 saturated carbocycles. The summed E-state index contributed by atoms with van der Waals surface area (Å²) < 4.78 is 0. The molecule has 0 aromatic carbocycles. The van der Waals surface area contributed by atoms with Crippen LogP contribution in [0.3, 0.4) is 0 Å². The predicted molar refractivity (Wildman–Crippen MR) is 67.6 cm³/mol. The number of rotatable bonds is 1. The van der Waals surface area contributed by atoms with Crippen molar-refractivity contribution in [2.45, 2.75) is 57.5 Å². The van der Waals surface area contributed by atoms with Gasteiger partial charge in [-0.15, -0.1) is 0 Å². The molecule has 3 nitrogen and oxygen atoms in total. The lowest BCUT2D eigenvalue weighted by Gasteiger charge is -2.39. The third kappa shape index (κ3) is 2.10. The van der Waals surface area contributed by atoms with Gasteiger partial charge in [0.1, 0.15) is 0 Å². The first-order chi connectivity index (χ1) is 8.25. The first kappa shape index (κ1) is 11.5. The second kappa shape index (κ2) is 4.60. The molecule has 3 rings (SSSR count). The van der Waals surface area contributed by atoms with Crippen LogP contribution < -0.4 is 5.32 Å². The molecule has 0 unspecified atom stereocenters. The van der Waals surface area contributed by atoms with E-state index in [0.717, 1.165) is 31.8 Å². The highest BCUT2D eigenvalue weighted by Gasteiger charge is 2.41. The summed E-state index contributed by atoms with van der Waals surface area (Å²) in [6.45, 7) is 4.35. The van der Waals surface area contributed by atoms with E-state index in [0.29, 0.717) is 23.9 Å². The summed E-state index contributed by atoms with van der Waals surface area (Å²) in [6, 6.07) is 1.00. The quantitative estimate of drug-likeness (QED) is 0.752. The fraction of sp³-hybridized carbons (Fsp3) is 0.929. The molecule has 0 aromatic rings. The van der Waals surface area contributed by atoms with Crippen LogP contribution in [0.1, 0.15) is 45.4 Å². The van der Waals surface area contributed by atoms with Crippen LogP contribution in [0.4, 0.5) is 0 Å². The molecule has 2 atom stereocenters. The van der Waals surface area contributed by atoms with E-state index in [1.54, 1.807) is 0 Å². The Kier molecular flexibility index (Phi) is 3.12. The standard InChI is InChI=1S/C14H24N2O/c1-10-2-4-11(5-3-10)14(17)16-12-6-7-13(16)9-15-8-12/h10-13,15H,2-9H2,1H3/t10?,11?,12-,13+. The molecule has 0 radical (unpaired) electrons. The molecule has 2 aliphatic heterocycles. The maximum absolute atomic E-state index is 12.6. The monoisotopic (exact) mass is 236 g/mol. The van der Waals surface area contributed by atoms with Crippen LogP contribution >= 0.6 is 0 Å². The van der Waals surface area contributed by atoms with Gasteiger partial charge in [-0.3, -0.25) is 4.79 Å². The molecule has 2 bridgehead atoms. The number of hydrogen-bond acceptors (Lipinski definition) is 2. The summed E-state index contributed by atoms with van der Waals surface area (Å²) in [5.74, 6) is 1.65. The van der Waals surface area contributed by atoms with E-state index in [9.17, 15) is 4.79 Å². The average molecular weight is 236 g/mol. The molecular weight excluding hydrogens is 212 g/mol.